The standard InChI is InChI=1S/C25H21N5S/c1-2-8-18-15-19(12-11-17(18)7-1)22-16-31-25(28-22)29-23-24(30-13-5-6-14-30)27-21-10-4-3-9-20(21)26-23/h1-4,7-12,15-16H,5-6,13-14H2,(H,26,28,29). The molecule has 0 bridgehead atoms. The number of hydrogen-bond acceptors (Lipinski definition) is 6. The maximum atomic E-state index is 4.93. The van der Waals surface area contributed by atoms with E-state index >= 15 is 0 Å². The molecule has 152 valence electrons. The van der Waals surface area contributed by atoms with Crippen molar-refractivity contribution >= 4 is 49.9 Å². The Balaban J connectivity index is 1.36. The summed E-state index contributed by atoms with van der Waals surface area (Å²) >= 11 is 1.59. The summed E-state index contributed by atoms with van der Waals surface area (Å²) in [6, 6.07) is 22.9. The number of thiazole rings is 1. The lowest BCUT2D eigenvalue weighted by molar-refractivity contribution is 0.939. The van der Waals surface area contributed by atoms with Crippen molar-refractivity contribution in [3.63, 3.8) is 0 Å². The molecule has 1 fully saturated rings. The average Bonchev–Trinajstić information content (AvgIpc) is 3.51. The lowest BCUT2D eigenvalue weighted by Crippen LogP contribution is -2.21. The summed E-state index contributed by atoms with van der Waals surface area (Å²) in [4.78, 5) is 17.0. The molecular weight excluding hydrogens is 402 g/mol. The Morgan fingerprint density at radius 2 is 1.52 bits per heavy atom. The van der Waals surface area contributed by atoms with Crippen LogP contribution in [0.3, 0.4) is 0 Å². The normalized spacial score (nSPS) is 13.9. The number of benzene rings is 3. The van der Waals surface area contributed by atoms with E-state index < -0.39 is 0 Å². The first-order chi connectivity index (χ1) is 15.3. The van der Waals surface area contributed by atoms with Crippen LogP contribution in [0.2, 0.25) is 0 Å². The maximum Gasteiger partial charge on any atom is 0.188 e. The van der Waals surface area contributed by atoms with Crippen molar-refractivity contribution in [2.45, 2.75) is 12.8 Å². The second-order valence-corrected chi connectivity index (χ2v) is 8.66. The minimum Gasteiger partial charge on any atom is -0.354 e. The van der Waals surface area contributed by atoms with Crippen LogP contribution < -0.4 is 10.2 Å². The zero-order valence-electron chi connectivity index (χ0n) is 17.0. The molecule has 1 saturated heterocycles. The molecule has 5 nitrogen and oxygen atoms in total. The highest BCUT2D eigenvalue weighted by Gasteiger charge is 2.20. The summed E-state index contributed by atoms with van der Waals surface area (Å²) in [7, 11) is 0. The lowest BCUT2D eigenvalue weighted by Gasteiger charge is -2.20. The number of nitrogens with one attached hydrogen (secondary N) is 1. The van der Waals surface area contributed by atoms with E-state index in [4.69, 9.17) is 15.0 Å². The second kappa shape index (κ2) is 7.63. The van der Waals surface area contributed by atoms with E-state index in [9.17, 15) is 0 Å². The van der Waals surface area contributed by atoms with Gasteiger partial charge in [-0.3, -0.25) is 0 Å². The smallest absolute Gasteiger partial charge is 0.188 e. The van der Waals surface area contributed by atoms with Gasteiger partial charge in [0.2, 0.25) is 0 Å². The third kappa shape index (κ3) is 3.49. The summed E-state index contributed by atoms with van der Waals surface area (Å²) in [5.74, 6) is 1.69. The lowest BCUT2D eigenvalue weighted by atomic mass is 10.1. The van der Waals surface area contributed by atoms with Crippen LogP contribution in [0.1, 0.15) is 12.8 Å². The molecule has 0 spiro atoms. The number of aromatic nitrogens is 3. The molecule has 0 atom stereocenters. The zero-order chi connectivity index (χ0) is 20.6. The highest BCUT2D eigenvalue weighted by atomic mass is 32.1. The van der Waals surface area contributed by atoms with Gasteiger partial charge in [-0.25, -0.2) is 15.0 Å². The number of nitrogens with zero attached hydrogens (tertiary/aromatic N) is 4. The molecule has 2 aromatic heterocycles. The van der Waals surface area contributed by atoms with E-state index in [1.165, 1.54) is 23.6 Å². The predicted molar refractivity (Wildman–Crippen MR) is 129 cm³/mol. The molecule has 1 N–H and O–H groups in total. The minimum absolute atomic E-state index is 0.778. The van der Waals surface area contributed by atoms with Gasteiger partial charge in [0.15, 0.2) is 16.8 Å². The second-order valence-electron chi connectivity index (χ2n) is 7.80. The van der Waals surface area contributed by atoms with Gasteiger partial charge < -0.3 is 10.2 Å². The Kier molecular flexibility index (Phi) is 4.50. The molecule has 5 aromatic rings. The van der Waals surface area contributed by atoms with E-state index in [1.807, 2.05) is 24.3 Å². The number of para-hydroxylation sites is 2. The number of rotatable bonds is 4. The van der Waals surface area contributed by atoms with Crippen LogP contribution >= 0.6 is 11.3 Å². The van der Waals surface area contributed by atoms with E-state index in [0.29, 0.717) is 0 Å². The van der Waals surface area contributed by atoms with Crippen molar-refractivity contribution < 1.29 is 0 Å². The van der Waals surface area contributed by atoms with Crippen LogP contribution in [0, 0.1) is 0 Å². The molecule has 0 radical (unpaired) electrons. The third-order valence-electron chi connectivity index (χ3n) is 5.73. The van der Waals surface area contributed by atoms with Crippen molar-refractivity contribution in [3.8, 4) is 11.3 Å². The summed E-state index contributed by atoms with van der Waals surface area (Å²) in [5, 5.41) is 8.84. The maximum absolute atomic E-state index is 4.93. The number of anilines is 3. The van der Waals surface area contributed by atoms with Crippen LogP contribution in [-0.2, 0) is 0 Å². The molecule has 3 aromatic carbocycles. The van der Waals surface area contributed by atoms with Crippen molar-refractivity contribution in [2.24, 2.45) is 0 Å². The van der Waals surface area contributed by atoms with Gasteiger partial charge >= 0.3 is 0 Å². The van der Waals surface area contributed by atoms with E-state index in [-0.39, 0.29) is 0 Å². The number of hydrogen-bond donors (Lipinski definition) is 1. The summed E-state index contributed by atoms with van der Waals surface area (Å²) < 4.78 is 0. The Bertz CT molecular complexity index is 1390. The van der Waals surface area contributed by atoms with Gasteiger partial charge in [-0.05, 0) is 41.8 Å². The highest BCUT2D eigenvalue weighted by molar-refractivity contribution is 7.14. The highest BCUT2D eigenvalue weighted by Crippen LogP contribution is 2.33. The molecule has 0 amide bonds. The molecule has 0 saturated carbocycles. The quantitative estimate of drug-likeness (QED) is 0.370. The van der Waals surface area contributed by atoms with Gasteiger partial charge in [-0.1, -0.05) is 48.5 Å². The van der Waals surface area contributed by atoms with Gasteiger partial charge in [0.1, 0.15) is 0 Å². The van der Waals surface area contributed by atoms with Crippen LogP contribution in [-0.4, -0.2) is 28.0 Å². The summed E-state index contributed by atoms with van der Waals surface area (Å²) in [6.45, 7) is 2.03. The van der Waals surface area contributed by atoms with Crippen LogP contribution in [0.5, 0.6) is 0 Å². The Hall–Kier alpha value is -3.51. The molecule has 3 heterocycles. The molecule has 0 unspecified atom stereocenters. The zero-order valence-corrected chi connectivity index (χ0v) is 17.8. The van der Waals surface area contributed by atoms with Crippen molar-refractivity contribution in [3.05, 3.63) is 72.1 Å². The average molecular weight is 424 g/mol. The van der Waals surface area contributed by atoms with Gasteiger partial charge in [0, 0.05) is 24.0 Å². The minimum atomic E-state index is 0.778. The fourth-order valence-electron chi connectivity index (χ4n) is 4.14. The fourth-order valence-corrected chi connectivity index (χ4v) is 4.86. The van der Waals surface area contributed by atoms with E-state index in [1.54, 1.807) is 11.3 Å². The molecular formula is C25H21N5S. The Morgan fingerprint density at radius 3 is 2.35 bits per heavy atom. The van der Waals surface area contributed by atoms with E-state index in [2.05, 4.69) is 58.1 Å². The Labute approximate surface area is 184 Å². The predicted octanol–water partition coefficient (Wildman–Crippen LogP) is 6.25. The van der Waals surface area contributed by atoms with Gasteiger partial charge in [0.05, 0.1) is 16.7 Å². The fraction of sp³-hybridized carbons (Fsp3) is 0.160. The summed E-state index contributed by atoms with van der Waals surface area (Å²) in [5.41, 5.74) is 3.90. The van der Waals surface area contributed by atoms with Crippen molar-refractivity contribution in [1.82, 2.24) is 15.0 Å². The molecule has 1 aliphatic heterocycles. The molecule has 1 aliphatic rings. The molecule has 31 heavy (non-hydrogen) atoms. The first kappa shape index (κ1) is 18.3. The van der Waals surface area contributed by atoms with Crippen LogP contribution in [0.4, 0.5) is 16.8 Å². The largest absolute Gasteiger partial charge is 0.354 e. The third-order valence-corrected chi connectivity index (χ3v) is 6.49. The SMILES string of the molecule is c1ccc2cc(-c3csc(Nc4nc5ccccc5nc4N4CCCC4)n3)ccc2c1. The first-order valence-corrected chi connectivity index (χ1v) is 11.4. The molecule has 0 aliphatic carbocycles. The van der Waals surface area contributed by atoms with Crippen molar-refractivity contribution in [2.75, 3.05) is 23.3 Å². The van der Waals surface area contributed by atoms with E-state index in [0.717, 1.165) is 52.1 Å². The van der Waals surface area contributed by atoms with Gasteiger partial charge in [0.25, 0.3) is 0 Å². The van der Waals surface area contributed by atoms with Gasteiger partial charge in [-0.15, -0.1) is 11.3 Å². The number of fused-ring (bicyclic) bond motifs is 2. The van der Waals surface area contributed by atoms with Crippen molar-refractivity contribution in [1.29, 1.82) is 0 Å². The summed E-state index contributed by atoms with van der Waals surface area (Å²) in [6.07, 6.45) is 2.38. The molecule has 6 heteroatoms. The monoisotopic (exact) mass is 423 g/mol. The van der Waals surface area contributed by atoms with Gasteiger partial charge in [-0.2, -0.15) is 0 Å². The molecule has 6 rings (SSSR count). The topological polar surface area (TPSA) is 53.9 Å². The van der Waals surface area contributed by atoms with Crippen LogP contribution in [0.25, 0.3) is 33.1 Å². The van der Waals surface area contributed by atoms with Crippen LogP contribution in [0.15, 0.2) is 72.1 Å². The Morgan fingerprint density at radius 1 is 0.774 bits per heavy atom. The first-order valence-electron chi connectivity index (χ1n) is 10.6.